The summed E-state index contributed by atoms with van der Waals surface area (Å²) in [5.41, 5.74) is 3.06. The lowest BCUT2D eigenvalue weighted by Crippen LogP contribution is -2.73. The van der Waals surface area contributed by atoms with Crippen molar-refractivity contribution in [3.05, 3.63) is 40.1 Å². The molecule has 0 fully saturated rings. The van der Waals surface area contributed by atoms with Crippen LogP contribution < -0.4 is 15.8 Å². The fourth-order valence-corrected chi connectivity index (χ4v) is 2.84. The van der Waals surface area contributed by atoms with E-state index in [0.717, 1.165) is 24.1 Å². The van der Waals surface area contributed by atoms with Crippen molar-refractivity contribution in [2.24, 2.45) is 0 Å². The number of hydrogen-bond donors (Lipinski definition) is 3. The van der Waals surface area contributed by atoms with Crippen LogP contribution in [0.1, 0.15) is 31.8 Å². The molecule has 2 aromatic heterocycles. The second-order valence-electron chi connectivity index (χ2n) is 5.74. The van der Waals surface area contributed by atoms with Crippen LogP contribution in [-0.4, -0.2) is 31.4 Å². The first-order valence-electron chi connectivity index (χ1n) is 8.32. The van der Waals surface area contributed by atoms with E-state index in [1.54, 1.807) is 29.6 Å². The van der Waals surface area contributed by atoms with Gasteiger partial charge in [0.25, 0.3) is 5.56 Å². The van der Waals surface area contributed by atoms with E-state index in [1.807, 2.05) is 6.92 Å². The molecule has 0 aliphatic heterocycles. The third-order valence-corrected chi connectivity index (χ3v) is 3.92. The van der Waals surface area contributed by atoms with E-state index < -0.39 is 0 Å². The minimum atomic E-state index is -0.252. The molecule has 25 heavy (non-hydrogen) atoms. The zero-order chi connectivity index (χ0) is 18.0. The number of ether oxygens (including phenoxy) is 1. The molecule has 2 heterocycles. The van der Waals surface area contributed by atoms with Crippen molar-refractivity contribution in [3.63, 3.8) is 0 Å². The van der Waals surface area contributed by atoms with Crippen LogP contribution in [0.2, 0.25) is 0 Å². The molecular weight excluding hydrogens is 322 g/mol. The summed E-state index contributed by atoms with van der Waals surface area (Å²) < 4.78 is 7.25. The molecule has 0 saturated carbocycles. The number of imidazole rings is 1. The maximum atomic E-state index is 12.6. The predicted octanol–water partition coefficient (Wildman–Crippen LogP) is 1.33. The van der Waals surface area contributed by atoms with E-state index in [2.05, 4.69) is 22.0 Å². The molecule has 0 spiro atoms. The van der Waals surface area contributed by atoms with Gasteiger partial charge in [-0.15, -0.1) is 5.10 Å². The molecule has 0 saturated heterocycles. The van der Waals surface area contributed by atoms with Gasteiger partial charge in [0.1, 0.15) is 11.6 Å². The molecular formula is C17H22N5O3+. The minimum Gasteiger partial charge on any atom is -0.493 e. The number of nitrogens with two attached hydrogens (primary N) is 1. The first-order valence-corrected chi connectivity index (χ1v) is 8.32. The second-order valence-corrected chi connectivity index (χ2v) is 5.74. The standard InChI is InChI=1S/C17H21N5O3/c1-4-6-14-18-10(3)15-17(23)19-16(20-22(14)15)12-9-11(21-24)7-8-13(12)25-5-2/h7-9,21,24H,4-6H2,1-3H3,(H,19,20,23)/p+1. The van der Waals surface area contributed by atoms with Gasteiger partial charge >= 0.3 is 0 Å². The van der Waals surface area contributed by atoms with E-state index in [-0.39, 0.29) is 5.56 Å². The number of nitrogens with zero attached hydrogens (tertiary/aromatic N) is 3. The van der Waals surface area contributed by atoms with Crippen LogP contribution in [-0.2, 0) is 6.42 Å². The molecule has 4 N–H and O–H groups in total. The summed E-state index contributed by atoms with van der Waals surface area (Å²) in [6.07, 6.45) is 1.63. The molecule has 8 nitrogen and oxygen atoms in total. The lowest BCUT2D eigenvalue weighted by atomic mass is 10.1. The van der Waals surface area contributed by atoms with Crippen LogP contribution in [0, 0.1) is 6.92 Å². The van der Waals surface area contributed by atoms with Gasteiger partial charge in [-0.05, 0) is 26.3 Å². The van der Waals surface area contributed by atoms with E-state index in [1.165, 1.54) is 0 Å². The first kappa shape index (κ1) is 17.1. The monoisotopic (exact) mass is 344 g/mol. The number of nitrogens with one attached hydrogen (secondary N) is 1. The highest BCUT2D eigenvalue weighted by Crippen LogP contribution is 2.29. The number of aromatic amines is 1. The lowest BCUT2D eigenvalue weighted by Gasteiger charge is -2.10. The minimum absolute atomic E-state index is 0.252. The van der Waals surface area contributed by atoms with E-state index >= 15 is 0 Å². The molecule has 0 bridgehead atoms. The Balaban J connectivity index is 2.25. The van der Waals surface area contributed by atoms with Gasteiger partial charge in [-0.1, -0.05) is 6.92 Å². The van der Waals surface area contributed by atoms with Crippen LogP contribution in [0.25, 0.3) is 16.9 Å². The van der Waals surface area contributed by atoms with Gasteiger partial charge in [0.15, 0.2) is 17.0 Å². The molecule has 0 aliphatic carbocycles. The highest BCUT2D eigenvalue weighted by atomic mass is 16.5. The first-order chi connectivity index (χ1) is 12.1. The summed E-state index contributed by atoms with van der Waals surface area (Å²) in [7, 11) is 0. The summed E-state index contributed by atoms with van der Waals surface area (Å²) in [5, 5.41) is 13.9. The van der Waals surface area contributed by atoms with E-state index in [9.17, 15) is 10.0 Å². The Morgan fingerprint density at radius 2 is 2.16 bits per heavy atom. The number of aromatic nitrogens is 4. The number of fused-ring (bicyclic) bond motifs is 1. The topological polar surface area (TPSA) is 109 Å². The van der Waals surface area contributed by atoms with E-state index in [0.29, 0.717) is 40.6 Å². The van der Waals surface area contributed by atoms with Crippen molar-refractivity contribution in [1.29, 1.82) is 0 Å². The summed E-state index contributed by atoms with van der Waals surface area (Å²) in [6.45, 7) is 6.22. The summed E-state index contributed by atoms with van der Waals surface area (Å²) in [5.74, 6) is 1.72. The highest BCUT2D eigenvalue weighted by molar-refractivity contribution is 5.68. The van der Waals surface area contributed by atoms with Crippen molar-refractivity contribution in [3.8, 4) is 17.1 Å². The molecule has 132 valence electrons. The number of H-pyrrole nitrogens is 1. The smallest absolute Gasteiger partial charge is 0.277 e. The lowest BCUT2D eigenvalue weighted by molar-refractivity contribution is -0.825. The van der Waals surface area contributed by atoms with Crippen LogP contribution in [0.5, 0.6) is 5.75 Å². The predicted molar refractivity (Wildman–Crippen MR) is 92.3 cm³/mol. The van der Waals surface area contributed by atoms with Gasteiger partial charge in [0.05, 0.1) is 17.9 Å². The summed E-state index contributed by atoms with van der Waals surface area (Å²) in [4.78, 5) is 19.9. The molecule has 0 atom stereocenters. The van der Waals surface area contributed by atoms with Gasteiger partial charge < -0.3 is 9.72 Å². The Morgan fingerprint density at radius 3 is 2.84 bits per heavy atom. The van der Waals surface area contributed by atoms with Crippen LogP contribution >= 0.6 is 0 Å². The van der Waals surface area contributed by atoms with Gasteiger partial charge in [0, 0.05) is 18.6 Å². The fraction of sp³-hybridized carbons (Fsp3) is 0.353. The number of quaternary nitrogens is 1. The largest absolute Gasteiger partial charge is 0.493 e. The normalized spacial score (nSPS) is 11.2. The maximum Gasteiger partial charge on any atom is 0.277 e. The molecule has 3 rings (SSSR count). The average Bonchev–Trinajstić information content (AvgIpc) is 2.92. The van der Waals surface area contributed by atoms with Crippen LogP contribution in [0.15, 0.2) is 23.0 Å². The zero-order valence-corrected chi connectivity index (χ0v) is 14.5. The third kappa shape index (κ3) is 3.13. The van der Waals surface area contributed by atoms with Crippen molar-refractivity contribution in [1.82, 2.24) is 19.6 Å². The number of hydrogen-bond acceptors (Lipinski definition) is 5. The van der Waals surface area contributed by atoms with Crippen LogP contribution in [0.3, 0.4) is 0 Å². The van der Waals surface area contributed by atoms with Gasteiger partial charge in [-0.25, -0.2) is 14.7 Å². The van der Waals surface area contributed by atoms with Crippen molar-refractivity contribution < 1.29 is 15.4 Å². The average molecular weight is 344 g/mol. The Hall–Kier alpha value is -2.71. The molecule has 8 heteroatoms. The molecule has 0 amide bonds. The molecule has 3 aromatic rings. The van der Waals surface area contributed by atoms with Gasteiger partial charge in [-0.2, -0.15) is 5.48 Å². The fourth-order valence-electron chi connectivity index (χ4n) is 2.84. The third-order valence-electron chi connectivity index (χ3n) is 3.92. The van der Waals surface area contributed by atoms with Gasteiger partial charge in [0.2, 0.25) is 0 Å². The number of aryl methyl sites for hydroxylation is 2. The molecule has 0 aliphatic rings. The maximum absolute atomic E-state index is 12.6. The Kier molecular flexibility index (Phi) is 4.82. The highest BCUT2D eigenvalue weighted by Gasteiger charge is 2.17. The van der Waals surface area contributed by atoms with Crippen molar-refractivity contribution in [2.75, 3.05) is 6.61 Å². The molecule has 1 aromatic carbocycles. The Morgan fingerprint density at radius 1 is 1.36 bits per heavy atom. The summed E-state index contributed by atoms with van der Waals surface area (Å²) in [6, 6.07) is 5.20. The number of rotatable bonds is 6. The SMILES string of the molecule is CCCc1nc(C)c2c(=O)[nH]c(-c3cc([NH2+]O)ccc3OCC)nn12. The number of benzene rings is 1. The van der Waals surface area contributed by atoms with Crippen molar-refractivity contribution >= 4 is 11.2 Å². The quantitative estimate of drug-likeness (QED) is 0.462. The Labute approximate surface area is 144 Å². The molecule has 0 unspecified atom stereocenters. The molecule has 0 radical (unpaired) electrons. The Bertz CT molecular complexity index is 961. The summed E-state index contributed by atoms with van der Waals surface area (Å²) >= 11 is 0. The second kappa shape index (κ2) is 7.04. The zero-order valence-electron chi connectivity index (χ0n) is 14.5. The van der Waals surface area contributed by atoms with Crippen molar-refractivity contribution in [2.45, 2.75) is 33.6 Å². The van der Waals surface area contributed by atoms with E-state index in [4.69, 9.17) is 4.74 Å². The van der Waals surface area contributed by atoms with Crippen LogP contribution in [0.4, 0.5) is 5.69 Å². The van der Waals surface area contributed by atoms with Gasteiger partial charge in [-0.3, -0.25) is 4.79 Å².